The third kappa shape index (κ3) is 3.11. The summed E-state index contributed by atoms with van der Waals surface area (Å²) in [6.07, 6.45) is 0.963. The Labute approximate surface area is 129 Å². The Hall–Kier alpha value is -2.36. The van der Waals surface area contributed by atoms with Gasteiger partial charge in [0.05, 0.1) is 13.5 Å². The lowest BCUT2D eigenvalue weighted by Crippen LogP contribution is -2.28. The van der Waals surface area contributed by atoms with Crippen LogP contribution in [0.1, 0.15) is 23.5 Å². The number of hydrogen-bond acceptors (Lipinski definition) is 2. The number of carbonyl (C=O) groups is 1. The van der Waals surface area contributed by atoms with E-state index in [0.717, 1.165) is 17.7 Å². The molecule has 2 aromatic carbocycles. The minimum atomic E-state index is -0.338. The zero-order chi connectivity index (χ0) is 15.5. The molecule has 2 unspecified atom stereocenters. The molecule has 1 aliphatic carbocycles. The second-order valence-electron chi connectivity index (χ2n) is 5.53. The third-order valence-electron chi connectivity index (χ3n) is 3.98. The van der Waals surface area contributed by atoms with E-state index in [-0.39, 0.29) is 30.1 Å². The molecule has 0 spiro atoms. The molecule has 0 aliphatic heterocycles. The van der Waals surface area contributed by atoms with E-state index in [1.807, 2.05) is 24.3 Å². The molecule has 0 bridgehead atoms. The van der Waals surface area contributed by atoms with Crippen LogP contribution in [0.3, 0.4) is 0 Å². The number of carbonyl (C=O) groups excluding carboxylic acids is 1. The van der Waals surface area contributed by atoms with E-state index in [1.54, 1.807) is 25.3 Å². The van der Waals surface area contributed by atoms with Gasteiger partial charge in [0, 0.05) is 12.0 Å². The van der Waals surface area contributed by atoms with Gasteiger partial charge in [-0.1, -0.05) is 36.4 Å². The number of amides is 1. The first-order valence-corrected chi connectivity index (χ1v) is 7.34. The number of rotatable bonds is 5. The van der Waals surface area contributed by atoms with E-state index in [0.29, 0.717) is 5.56 Å². The van der Waals surface area contributed by atoms with Crippen molar-refractivity contribution in [1.29, 1.82) is 0 Å². The summed E-state index contributed by atoms with van der Waals surface area (Å²) in [7, 11) is 1.65. The second kappa shape index (κ2) is 6.18. The molecule has 1 saturated carbocycles. The van der Waals surface area contributed by atoms with Crippen LogP contribution in [0, 0.1) is 5.82 Å². The molecule has 0 aromatic heterocycles. The molecule has 3 rings (SSSR count). The van der Waals surface area contributed by atoms with Crippen LogP contribution < -0.4 is 10.1 Å². The molecule has 4 heteroatoms. The monoisotopic (exact) mass is 299 g/mol. The maximum absolute atomic E-state index is 13.5. The van der Waals surface area contributed by atoms with Gasteiger partial charge in [-0.25, -0.2) is 4.39 Å². The molecule has 0 saturated heterocycles. The van der Waals surface area contributed by atoms with Gasteiger partial charge in [0.25, 0.3) is 0 Å². The molecule has 3 nitrogen and oxygen atoms in total. The molecule has 1 aliphatic rings. The Morgan fingerprint density at radius 1 is 1.23 bits per heavy atom. The van der Waals surface area contributed by atoms with Crippen LogP contribution in [-0.4, -0.2) is 19.1 Å². The van der Waals surface area contributed by atoms with Crippen LogP contribution in [0.2, 0.25) is 0 Å². The molecule has 2 atom stereocenters. The normalized spacial score (nSPS) is 19.5. The number of benzene rings is 2. The fraction of sp³-hybridized carbons (Fsp3) is 0.278. The number of halogens is 1. The largest absolute Gasteiger partial charge is 0.496 e. The Morgan fingerprint density at radius 3 is 2.73 bits per heavy atom. The van der Waals surface area contributed by atoms with Crippen molar-refractivity contribution < 1.29 is 13.9 Å². The Kier molecular flexibility index (Phi) is 4.09. The minimum absolute atomic E-state index is 0.0712. The Bertz CT molecular complexity index is 686. The molecule has 0 heterocycles. The maximum atomic E-state index is 13.5. The first-order valence-electron chi connectivity index (χ1n) is 7.34. The van der Waals surface area contributed by atoms with E-state index in [1.165, 1.54) is 6.07 Å². The van der Waals surface area contributed by atoms with Crippen LogP contribution in [0.25, 0.3) is 0 Å². The summed E-state index contributed by atoms with van der Waals surface area (Å²) in [5.74, 6) is 0.640. The molecular weight excluding hydrogens is 281 g/mol. The van der Waals surface area contributed by atoms with Gasteiger partial charge in [-0.3, -0.25) is 4.79 Å². The summed E-state index contributed by atoms with van der Waals surface area (Å²) in [5.41, 5.74) is 1.54. The zero-order valence-corrected chi connectivity index (χ0v) is 12.4. The standard InChI is InChI=1S/C18H18FNO2/c1-22-17-9-5-3-7-13(17)14-11-16(14)20-18(21)10-12-6-2-4-8-15(12)19/h2-9,14,16H,10-11H2,1H3,(H,20,21). The molecule has 114 valence electrons. The molecule has 1 amide bonds. The van der Waals surface area contributed by atoms with Crippen LogP contribution in [0.15, 0.2) is 48.5 Å². The number of ether oxygens (including phenoxy) is 1. The predicted octanol–water partition coefficient (Wildman–Crippen LogP) is 3.05. The van der Waals surface area contributed by atoms with Crippen molar-refractivity contribution in [3.63, 3.8) is 0 Å². The first-order chi connectivity index (χ1) is 10.7. The number of hydrogen-bond donors (Lipinski definition) is 1. The summed E-state index contributed by atoms with van der Waals surface area (Å²) in [5, 5.41) is 2.97. The van der Waals surface area contributed by atoms with Crippen molar-refractivity contribution in [3.8, 4) is 5.75 Å². The summed E-state index contributed by atoms with van der Waals surface area (Å²) >= 11 is 0. The quantitative estimate of drug-likeness (QED) is 0.921. The summed E-state index contributed by atoms with van der Waals surface area (Å²) < 4.78 is 18.9. The van der Waals surface area contributed by atoms with Gasteiger partial charge in [-0.05, 0) is 29.7 Å². The van der Waals surface area contributed by atoms with E-state index in [4.69, 9.17) is 4.74 Å². The van der Waals surface area contributed by atoms with E-state index >= 15 is 0 Å². The maximum Gasteiger partial charge on any atom is 0.224 e. The topological polar surface area (TPSA) is 38.3 Å². The van der Waals surface area contributed by atoms with Gasteiger partial charge in [0.1, 0.15) is 11.6 Å². The highest BCUT2D eigenvalue weighted by Gasteiger charge is 2.40. The SMILES string of the molecule is COc1ccccc1C1CC1NC(=O)Cc1ccccc1F. The molecule has 22 heavy (non-hydrogen) atoms. The van der Waals surface area contributed by atoms with Crippen LogP contribution >= 0.6 is 0 Å². The molecule has 1 N–H and O–H groups in total. The highest BCUT2D eigenvalue weighted by Crippen LogP contribution is 2.44. The molecule has 0 radical (unpaired) electrons. The molecular formula is C18H18FNO2. The van der Waals surface area contributed by atoms with Gasteiger partial charge in [-0.2, -0.15) is 0 Å². The highest BCUT2D eigenvalue weighted by molar-refractivity contribution is 5.79. The van der Waals surface area contributed by atoms with Crippen molar-refractivity contribution in [1.82, 2.24) is 5.32 Å². The molecule has 2 aromatic rings. The Balaban J connectivity index is 1.59. The van der Waals surface area contributed by atoms with Crippen LogP contribution in [0.4, 0.5) is 4.39 Å². The van der Waals surface area contributed by atoms with Gasteiger partial charge < -0.3 is 10.1 Å². The third-order valence-corrected chi connectivity index (χ3v) is 3.98. The van der Waals surface area contributed by atoms with Crippen molar-refractivity contribution in [2.45, 2.75) is 24.8 Å². The first kappa shape index (κ1) is 14.6. The lowest BCUT2D eigenvalue weighted by atomic mass is 10.1. The number of nitrogens with one attached hydrogen (secondary N) is 1. The van der Waals surface area contributed by atoms with E-state index < -0.39 is 0 Å². The average Bonchev–Trinajstić information content (AvgIpc) is 3.28. The van der Waals surface area contributed by atoms with Crippen LogP contribution in [-0.2, 0) is 11.2 Å². The predicted molar refractivity (Wildman–Crippen MR) is 82.4 cm³/mol. The zero-order valence-electron chi connectivity index (χ0n) is 12.4. The molecule has 1 fully saturated rings. The van der Waals surface area contributed by atoms with Gasteiger partial charge in [-0.15, -0.1) is 0 Å². The van der Waals surface area contributed by atoms with Crippen molar-refractivity contribution in [3.05, 3.63) is 65.5 Å². The Morgan fingerprint density at radius 2 is 1.95 bits per heavy atom. The van der Waals surface area contributed by atoms with E-state index in [9.17, 15) is 9.18 Å². The lowest BCUT2D eigenvalue weighted by molar-refractivity contribution is -0.120. The van der Waals surface area contributed by atoms with Crippen molar-refractivity contribution in [2.75, 3.05) is 7.11 Å². The van der Waals surface area contributed by atoms with E-state index in [2.05, 4.69) is 5.32 Å². The minimum Gasteiger partial charge on any atom is -0.496 e. The van der Waals surface area contributed by atoms with Crippen molar-refractivity contribution in [2.24, 2.45) is 0 Å². The average molecular weight is 299 g/mol. The summed E-state index contributed by atoms with van der Waals surface area (Å²) in [6.45, 7) is 0. The number of methoxy groups -OCH3 is 1. The summed E-state index contributed by atoms with van der Waals surface area (Å²) in [4.78, 5) is 12.0. The van der Waals surface area contributed by atoms with Gasteiger partial charge in [0.2, 0.25) is 5.91 Å². The van der Waals surface area contributed by atoms with Crippen molar-refractivity contribution >= 4 is 5.91 Å². The highest BCUT2D eigenvalue weighted by atomic mass is 19.1. The summed E-state index contributed by atoms with van der Waals surface area (Å²) in [6, 6.07) is 14.3. The van der Waals surface area contributed by atoms with Gasteiger partial charge in [0.15, 0.2) is 0 Å². The smallest absolute Gasteiger partial charge is 0.224 e. The second-order valence-corrected chi connectivity index (χ2v) is 5.53. The fourth-order valence-corrected chi connectivity index (χ4v) is 2.74. The van der Waals surface area contributed by atoms with Crippen LogP contribution in [0.5, 0.6) is 5.75 Å². The van der Waals surface area contributed by atoms with Gasteiger partial charge >= 0.3 is 0 Å². The fourth-order valence-electron chi connectivity index (χ4n) is 2.74. The number of para-hydroxylation sites is 1. The lowest BCUT2D eigenvalue weighted by Gasteiger charge is -2.09.